The lowest BCUT2D eigenvalue weighted by atomic mass is 9.83. The molecule has 1 fully saturated rings. The highest BCUT2D eigenvalue weighted by Gasteiger charge is 2.56. The monoisotopic (exact) mass is 586 g/mol. The van der Waals surface area contributed by atoms with E-state index in [1.165, 1.54) is 28.8 Å². The van der Waals surface area contributed by atoms with Gasteiger partial charge in [0.05, 0.1) is 35.4 Å². The van der Waals surface area contributed by atoms with Crippen LogP contribution < -0.4 is 9.77 Å². The number of nitrogens with zero attached hydrogens (tertiary/aromatic N) is 2. The van der Waals surface area contributed by atoms with E-state index in [1.54, 1.807) is 38.1 Å². The van der Waals surface area contributed by atoms with Crippen LogP contribution >= 0.6 is 34.7 Å². The largest absolute Gasteiger partial charge is 0.465 e. The summed E-state index contributed by atoms with van der Waals surface area (Å²) in [5.41, 5.74) is 1.35. The maximum absolute atomic E-state index is 13.9. The van der Waals surface area contributed by atoms with Crippen molar-refractivity contribution in [2.45, 2.75) is 36.6 Å². The Morgan fingerprint density at radius 2 is 1.59 bits per heavy atom. The predicted octanol–water partition coefficient (Wildman–Crippen LogP) is 4.10. The summed E-state index contributed by atoms with van der Waals surface area (Å²) >= 11 is 8.19. The number of hydrogen-bond acceptors (Lipinski definition) is 9. The molecule has 0 aliphatic carbocycles. The van der Waals surface area contributed by atoms with Gasteiger partial charge in [-0.25, -0.2) is 9.69 Å². The van der Waals surface area contributed by atoms with Crippen molar-refractivity contribution in [3.63, 3.8) is 0 Å². The second kappa shape index (κ2) is 11.0. The van der Waals surface area contributed by atoms with E-state index in [9.17, 15) is 24.0 Å². The van der Waals surface area contributed by atoms with Gasteiger partial charge in [-0.2, -0.15) is 0 Å². The van der Waals surface area contributed by atoms with E-state index >= 15 is 0 Å². The molecule has 12 heteroatoms. The molecule has 9 nitrogen and oxygen atoms in total. The van der Waals surface area contributed by atoms with Crippen LogP contribution in [0, 0.1) is 5.92 Å². The number of amides is 2. The molecule has 2 aliphatic heterocycles. The Kier molecular flexibility index (Phi) is 7.66. The van der Waals surface area contributed by atoms with E-state index in [0.29, 0.717) is 26.2 Å². The Morgan fingerprint density at radius 3 is 2.23 bits per heavy atom. The number of carbonyl (C=O) groups is 4. The highest BCUT2D eigenvalue weighted by Crippen LogP contribution is 2.53. The van der Waals surface area contributed by atoms with Gasteiger partial charge in [0.25, 0.3) is 0 Å². The van der Waals surface area contributed by atoms with Crippen molar-refractivity contribution >= 4 is 64.1 Å². The van der Waals surface area contributed by atoms with Gasteiger partial charge in [-0.05, 0) is 55.8 Å². The third-order valence-corrected chi connectivity index (χ3v) is 9.36. The molecule has 0 unspecified atom stereocenters. The number of imide groups is 1. The average molecular weight is 587 g/mol. The first-order valence-electron chi connectivity index (χ1n) is 12.2. The van der Waals surface area contributed by atoms with Crippen molar-refractivity contribution in [3.05, 3.63) is 79.2 Å². The number of esters is 2. The summed E-state index contributed by atoms with van der Waals surface area (Å²) in [5.74, 6) is -3.32. The van der Waals surface area contributed by atoms with E-state index in [2.05, 4.69) is 0 Å². The molecule has 0 saturated carbocycles. The number of aromatic nitrogens is 1. The van der Waals surface area contributed by atoms with Crippen LogP contribution in [-0.4, -0.2) is 46.8 Å². The molecule has 3 aromatic rings. The summed E-state index contributed by atoms with van der Waals surface area (Å²) in [4.78, 5) is 66.4. The zero-order valence-electron chi connectivity index (χ0n) is 20.9. The highest BCUT2D eigenvalue weighted by molar-refractivity contribution is 8.00. The predicted molar refractivity (Wildman–Crippen MR) is 147 cm³/mol. The Balaban J connectivity index is 1.57. The van der Waals surface area contributed by atoms with Crippen molar-refractivity contribution in [2.24, 2.45) is 5.92 Å². The molecule has 1 saturated heterocycles. The topological polar surface area (TPSA) is 112 Å². The second-order valence-electron chi connectivity index (χ2n) is 8.80. The minimum Gasteiger partial charge on any atom is -0.465 e. The van der Waals surface area contributed by atoms with Crippen molar-refractivity contribution < 1.29 is 28.7 Å². The first-order chi connectivity index (χ1) is 18.7. The number of carbonyl (C=O) groups excluding carboxylic acids is 4. The molecular formula is C27H23ClN2O7S2. The molecule has 2 amide bonds. The minimum atomic E-state index is -0.835. The molecule has 3 atom stereocenters. The molecule has 39 heavy (non-hydrogen) atoms. The van der Waals surface area contributed by atoms with Gasteiger partial charge in [0, 0.05) is 15.8 Å². The number of rotatable bonds is 7. The lowest BCUT2D eigenvalue weighted by Crippen LogP contribution is -2.32. The molecule has 0 spiro atoms. The number of halogens is 1. The molecule has 5 rings (SSSR count). The van der Waals surface area contributed by atoms with Gasteiger partial charge < -0.3 is 9.47 Å². The van der Waals surface area contributed by atoms with Crippen LogP contribution in [0.4, 0.5) is 5.69 Å². The van der Waals surface area contributed by atoms with Gasteiger partial charge in [-0.15, -0.1) is 0 Å². The Labute approximate surface area is 236 Å². The normalized spacial score (nSPS) is 20.0. The number of thiazole rings is 1. The molecule has 1 aromatic heterocycles. The molecule has 0 radical (unpaired) electrons. The summed E-state index contributed by atoms with van der Waals surface area (Å²) in [6.45, 7) is 3.48. The zero-order chi connectivity index (χ0) is 27.8. The van der Waals surface area contributed by atoms with E-state index in [4.69, 9.17) is 21.1 Å². The van der Waals surface area contributed by atoms with Crippen molar-refractivity contribution in [3.8, 4) is 0 Å². The van der Waals surface area contributed by atoms with E-state index in [0.717, 1.165) is 33.6 Å². The van der Waals surface area contributed by atoms with Crippen LogP contribution in [-0.2, 0) is 30.4 Å². The number of fused-ring (bicyclic) bond motifs is 2. The molecule has 2 aliphatic rings. The van der Waals surface area contributed by atoms with Gasteiger partial charge in [-0.1, -0.05) is 46.8 Å². The van der Waals surface area contributed by atoms with Crippen molar-refractivity contribution in [1.82, 2.24) is 4.57 Å². The number of ether oxygens (including phenoxy) is 2. The number of hydrogen-bond donors (Lipinski definition) is 0. The van der Waals surface area contributed by atoms with E-state index in [1.807, 2.05) is 0 Å². The van der Waals surface area contributed by atoms with Crippen LogP contribution in [0.15, 0.2) is 58.4 Å². The van der Waals surface area contributed by atoms with E-state index < -0.39 is 40.8 Å². The smallest absolute Gasteiger partial charge is 0.338 e. The molecule has 2 aromatic carbocycles. The third-order valence-electron chi connectivity index (χ3n) is 6.51. The highest BCUT2D eigenvalue weighted by atomic mass is 35.5. The van der Waals surface area contributed by atoms with Crippen LogP contribution in [0.25, 0.3) is 0 Å². The summed E-state index contributed by atoms with van der Waals surface area (Å²) in [6.07, 6.45) is 0. The van der Waals surface area contributed by atoms with Crippen molar-refractivity contribution in [1.29, 1.82) is 0 Å². The van der Waals surface area contributed by atoms with Gasteiger partial charge in [0.2, 0.25) is 11.8 Å². The Morgan fingerprint density at radius 1 is 0.923 bits per heavy atom. The summed E-state index contributed by atoms with van der Waals surface area (Å²) in [5, 5.41) is 0.142. The van der Waals surface area contributed by atoms with Crippen molar-refractivity contribution in [2.75, 3.05) is 18.1 Å². The first kappa shape index (κ1) is 27.2. The van der Waals surface area contributed by atoms with Crippen LogP contribution in [0.5, 0.6) is 0 Å². The fourth-order valence-corrected chi connectivity index (χ4v) is 7.73. The van der Waals surface area contributed by atoms with Gasteiger partial charge in [0.15, 0.2) is 0 Å². The number of benzene rings is 2. The SMILES string of the molecule is CCOC(=O)Cn1c2c(sc1=O)[C@@H](c1ccc(Cl)cc1)[C@@H]1C(=O)N(c3ccc(C(=O)OCC)cc3)C(=O)[C@@H]1S2. The van der Waals surface area contributed by atoms with Crippen LogP contribution in [0.2, 0.25) is 5.02 Å². The summed E-state index contributed by atoms with van der Waals surface area (Å²) < 4.78 is 11.4. The Bertz CT molecular complexity index is 1510. The van der Waals surface area contributed by atoms with Crippen LogP contribution in [0.1, 0.15) is 40.6 Å². The average Bonchev–Trinajstić information content (AvgIpc) is 3.36. The molecule has 0 N–H and O–H groups in total. The lowest BCUT2D eigenvalue weighted by Gasteiger charge is -2.30. The second-order valence-corrected chi connectivity index (χ2v) is 11.4. The fraction of sp³-hybridized carbons (Fsp3) is 0.296. The quantitative estimate of drug-likeness (QED) is 0.300. The summed E-state index contributed by atoms with van der Waals surface area (Å²) in [6, 6.07) is 13.0. The maximum Gasteiger partial charge on any atom is 0.338 e. The molecule has 0 bridgehead atoms. The van der Waals surface area contributed by atoms with Gasteiger partial charge >= 0.3 is 16.8 Å². The summed E-state index contributed by atoms with van der Waals surface area (Å²) in [7, 11) is 0. The Hall–Kier alpha value is -3.41. The van der Waals surface area contributed by atoms with Gasteiger partial charge in [-0.3, -0.25) is 23.7 Å². The minimum absolute atomic E-state index is 0.169. The zero-order valence-corrected chi connectivity index (χ0v) is 23.3. The van der Waals surface area contributed by atoms with E-state index in [-0.39, 0.29) is 24.6 Å². The number of anilines is 1. The standard InChI is InChI=1S/C27H23ClN2O7S2/c1-3-36-18(31)13-29-25-22(39-27(29)35)19(14-5-9-16(28)10-6-14)20-21(38-25)24(33)30(23(20)32)17-11-7-15(8-12-17)26(34)37-4-2/h5-12,19-21H,3-4,13H2,1-2H3/t19-,20-,21+/m0/s1. The van der Waals surface area contributed by atoms with Gasteiger partial charge in [0.1, 0.15) is 11.8 Å². The fourth-order valence-electron chi connectivity index (χ4n) is 4.84. The van der Waals surface area contributed by atoms with Crippen LogP contribution in [0.3, 0.4) is 0 Å². The maximum atomic E-state index is 13.9. The first-order valence-corrected chi connectivity index (χ1v) is 14.3. The lowest BCUT2D eigenvalue weighted by molar-refractivity contribution is -0.144. The molecular weight excluding hydrogens is 564 g/mol. The number of thioether (sulfide) groups is 1. The molecule has 202 valence electrons. The molecule has 3 heterocycles. The third kappa shape index (κ3) is 4.90.